The third-order valence-corrected chi connectivity index (χ3v) is 6.50. The van der Waals surface area contributed by atoms with Crippen LogP contribution in [0.15, 0.2) is 59.6 Å². The van der Waals surface area contributed by atoms with Gasteiger partial charge in [0.1, 0.15) is 6.33 Å². The average Bonchev–Trinajstić information content (AvgIpc) is 3.44. The van der Waals surface area contributed by atoms with Crippen LogP contribution in [0.25, 0.3) is 28.1 Å². The second-order valence-electron chi connectivity index (χ2n) is 7.84. The summed E-state index contributed by atoms with van der Waals surface area (Å²) in [5.41, 5.74) is 6.51. The molecule has 0 spiro atoms. The number of hydrogen-bond acceptors (Lipinski definition) is 4. The van der Waals surface area contributed by atoms with Crippen molar-refractivity contribution in [3.05, 3.63) is 65.1 Å². The summed E-state index contributed by atoms with van der Waals surface area (Å²) in [6.07, 6.45) is 8.40. The fourth-order valence-corrected chi connectivity index (χ4v) is 4.82. The molecule has 0 aliphatic carbocycles. The SMILES string of the molecule is c1cc(-n2cnc3nc(-c4ccc(CCCN5CCCCC5)cc4)ccc32)cs1. The predicted molar refractivity (Wildman–Crippen MR) is 121 cm³/mol. The third-order valence-electron chi connectivity index (χ3n) is 5.83. The van der Waals surface area contributed by atoms with E-state index in [-0.39, 0.29) is 0 Å². The minimum Gasteiger partial charge on any atom is -0.303 e. The molecule has 5 rings (SSSR count). The van der Waals surface area contributed by atoms with Crippen molar-refractivity contribution in [2.24, 2.45) is 0 Å². The van der Waals surface area contributed by atoms with Crippen LogP contribution < -0.4 is 0 Å². The van der Waals surface area contributed by atoms with Gasteiger partial charge in [-0.15, -0.1) is 0 Å². The number of likely N-dealkylation sites (tertiary alicyclic amines) is 1. The van der Waals surface area contributed by atoms with E-state index in [9.17, 15) is 0 Å². The number of fused-ring (bicyclic) bond motifs is 1. The Hall–Kier alpha value is -2.50. The molecule has 1 saturated heterocycles. The lowest BCUT2D eigenvalue weighted by molar-refractivity contribution is 0.226. The van der Waals surface area contributed by atoms with Crippen molar-refractivity contribution in [1.29, 1.82) is 0 Å². The van der Waals surface area contributed by atoms with E-state index in [0.717, 1.165) is 34.5 Å². The van der Waals surface area contributed by atoms with E-state index in [1.165, 1.54) is 50.9 Å². The van der Waals surface area contributed by atoms with Crippen molar-refractivity contribution in [2.75, 3.05) is 19.6 Å². The number of rotatable bonds is 6. The molecule has 148 valence electrons. The van der Waals surface area contributed by atoms with Crippen LogP contribution in [-0.2, 0) is 6.42 Å². The molecule has 5 heteroatoms. The maximum absolute atomic E-state index is 4.79. The van der Waals surface area contributed by atoms with Crippen molar-refractivity contribution in [3.8, 4) is 16.9 Å². The van der Waals surface area contributed by atoms with E-state index in [0.29, 0.717) is 0 Å². The van der Waals surface area contributed by atoms with Crippen LogP contribution in [0.1, 0.15) is 31.2 Å². The molecule has 0 unspecified atom stereocenters. The second-order valence-corrected chi connectivity index (χ2v) is 8.62. The summed E-state index contributed by atoms with van der Waals surface area (Å²) in [5, 5.41) is 4.20. The van der Waals surface area contributed by atoms with Gasteiger partial charge in [-0.3, -0.25) is 4.57 Å². The zero-order chi connectivity index (χ0) is 19.5. The molecular formula is C24H26N4S. The first-order valence-electron chi connectivity index (χ1n) is 10.6. The molecule has 1 aliphatic heterocycles. The number of aryl methyl sites for hydroxylation is 1. The molecule has 0 saturated carbocycles. The third kappa shape index (κ3) is 4.11. The number of thiophene rings is 1. The largest absolute Gasteiger partial charge is 0.303 e. The molecule has 4 nitrogen and oxygen atoms in total. The Bertz CT molecular complexity index is 1060. The van der Waals surface area contributed by atoms with Crippen LogP contribution in [0.5, 0.6) is 0 Å². The van der Waals surface area contributed by atoms with E-state index in [1.54, 1.807) is 11.3 Å². The zero-order valence-electron chi connectivity index (χ0n) is 16.6. The van der Waals surface area contributed by atoms with Crippen LogP contribution in [0.4, 0.5) is 0 Å². The Morgan fingerprint density at radius 1 is 0.931 bits per heavy atom. The standard InChI is InChI=1S/C24H26N4S/c1-2-13-27(14-3-1)15-4-5-19-6-8-20(9-7-19)22-10-11-23-24(26-22)25-18-28(23)21-12-16-29-17-21/h6-12,16-18H,1-5,13-15H2. The van der Waals surface area contributed by atoms with E-state index in [2.05, 4.69) is 67.7 Å². The van der Waals surface area contributed by atoms with Gasteiger partial charge in [0.15, 0.2) is 5.65 Å². The molecule has 1 aromatic carbocycles. The molecule has 0 N–H and O–H groups in total. The van der Waals surface area contributed by atoms with E-state index in [1.807, 2.05) is 6.33 Å². The fraction of sp³-hybridized carbons (Fsp3) is 0.333. The lowest BCUT2D eigenvalue weighted by Crippen LogP contribution is -2.30. The summed E-state index contributed by atoms with van der Waals surface area (Å²) in [5.74, 6) is 0. The summed E-state index contributed by atoms with van der Waals surface area (Å²) < 4.78 is 2.09. The van der Waals surface area contributed by atoms with Crippen molar-refractivity contribution >= 4 is 22.5 Å². The Morgan fingerprint density at radius 2 is 1.79 bits per heavy atom. The highest BCUT2D eigenvalue weighted by molar-refractivity contribution is 7.08. The van der Waals surface area contributed by atoms with Gasteiger partial charge in [0.2, 0.25) is 0 Å². The lowest BCUT2D eigenvalue weighted by atomic mass is 10.0. The van der Waals surface area contributed by atoms with Crippen molar-refractivity contribution in [2.45, 2.75) is 32.1 Å². The number of aromatic nitrogens is 3. The Labute approximate surface area is 175 Å². The van der Waals surface area contributed by atoms with Crippen LogP contribution in [-0.4, -0.2) is 39.1 Å². The number of pyridine rings is 1. The quantitative estimate of drug-likeness (QED) is 0.423. The fourth-order valence-electron chi connectivity index (χ4n) is 4.19. The van der Waals surface area contributed by atoms with Gasteiger partial charge in [0, 0.05) is 10.9 Å². The van der Waals surface area contributed by atoms with Gasteiger partial charge in [0.05, 0.1) is 16.9 Å². The minimum absolute atomic E-state index is 0.791. The normalized spacial score (nSPS) is 15.2. The molecular weight excluding hydrogens is 376 g/mol. The van der Waals surface area contributed by atoms with Gasteiger partial charge >= 0.3 is 0 Å². The van der Waals surface area contributed by atoms with Gasteiger partial charge in [0.25, 0.3) is 0 Å². The smallest absolute Gasteiger partial charge is 0.178 e. The topological polar surface area (TPSA) is 34.0 Å². The predicted octanol–water partition coefficient (Wildman–Crippen LogP) is 5.57. The molecule has 0 atom stereocenters. The molecule has 29 heavy (non-hydrogen) atoms. The molecule has 4 aromatic rings. The van der Waals surface area contributed by atoms with Gasteiger partial charge in [-0.1, -0.05) is 30.7 Å². The summed E-state index contributed by atoms with van der Waals surface area (Å²) in [6.45, 7) is 3.80. The van der Waals surface area contributed by atoms with Crippen LogP contribution in [0.2, 0.25) is 0 Å². The zero-order valence-corrected chi connectivity index (χ0v) is 17.4. The van der Waals surface area contributed by atoms with E-state index >= 15 is 0 Å². The maximum atomic E-state index is 4.79. The Kier molecular flexibility index (Phi) is 5.41. The van der Waals surface area contributed by atoms with Gasteiger partial charge < -0.3 is 4.90 Å². The first-order valence-corrected chi connectivity index (χ1v) is 11.5. The first-order chi connectivity index (χ1) is 14.4. The van der Waals surface area contributed by atoms with Gasteiger partial charge in [-0.25, -0.2) is 9.97 Å². The monoisotopic (exact) mass is 402 g/mol. The van der Waals surface area contributed by atoms with E-state index < -0.39 is 0 Å². The number of piperidine rings is 1. The highest BCUT2D eigenvalue weighted by atomic mass is 32.1. The highest BCUT2D eigenvalue weighted by Crippen LogP contribution is 2.24. The number of nitrogens with zero attached hydrogens (tertiary/aromatic N) is 4. The van der Waals surface area contributed by atoms with Crippen molar-refractivity contribution < 1.29 is 0 Å². The summed E-state index contributed by atoms with van der Waals surface area (Å²) in [6, 6.07) is 15.2. The number of hydrogen-bond donors (Lipinski definition) is 0. The van der Waals surface area contributed by atoms with Crippen molar-refractivity contribution in [1.82, 2.24) is 19.4 Å². The maximum Gasteiger partial charge on any atom is 0.178 e. The molecule has 1 fully saturated rings. The minimum atomic E-state index is 0.791. The molecule has 4 heterocycles. The first kappa shape index (κ1) is 18.5. The Morgan fingerprint density at radius 3 is 2.59 bits per heavy atom. The number of imidazole rings is 1. The molecule has 0 amide bonds. The van der Waals surface area contributed by atoms with E-state index in [4.69, 9.17) is 4.98 Å². The Balaban J connectivity index is 1.26. The highest BCUT2D eigenvalue weighted by Gasteiger charge is 2.10. The van der Waals surface area contributed by atoms with Crippen LogP contribution in [0, 0.1) is 0 Å². The lowest BCUT2D eigenvalue weighted by Gasteiger charge is -2.26. The molecule has 1 aliphatic rings. The average molecular weight is 403 g/mol. The van der Waals surface area contributed by atoms with Gasteiger partial charge in [-0.05, 0) is 74.5 Å². The van der Waals surface area contributed by atoms with Crippen molar-refractivity contribution in [3.63, 3.8) is 0 Å². The molecule has 0 radical (unpaired) electrons. The van der Waals surface area contributed by atoms with Crippen LogP contribution in [0.3, 0.4) is 0 Å². The molecule has 0 bridgehead atoms. The molecule has 3 aromatic heterocycles. The second kappa shape index (κ2) is 8.47. The van der Waals surface area contributed by atoms with Gasteiger partial charge in [-0.2, -0.15) is 11.3 Å². The van der Waals surface area contributed by atoms with Crippen LogP contribution >= 0.6 is 11.3 Å². The summed E-state index contributed by atoms with van der Waals surface area (Å²) in [7, 11) is 0. The summed E-state index contributed by atoms with van der Waals surface area (Å²) >= 11 is 1.69. The number of benzene rings is 1. The summed E-state index contributed by atoms with van der Waals surface area (Å²) in [4.78, 5) is 11.9.